The molecule has 2 aromatic heterocycles. The number of carbonyl (C=O) groups is 1. The van der Waals surface area contributed by atoms with E-state index in [2.05, 4.69) is 26.6 Å². The van der Waals surface area contributed by atoms with Gasteiger partial charge in [-0.05, 0) is 12.5 Å². The molecule has 0 radical (unpaired) electrons. The van der Waals surface area contributed by atoms with Crippen LogP contribution >= 0.6 is 11.6 Å². The van der Waals surface area contributed by atoms with Gasteiger partial charge in [-0.3, -0.25) is 14.8 Å². The summed E-state index contributed by atoms with van der Waals surface area (Å²) in [5.74, 6) is 0.126. The highest BCUT2D eigenvalue weighted by atomic mass is 35.5. The van der Waals surface area contributed by atoms with Crippen LogP contribution in [-0.4, -0.2) is 30.5 Å². The molecular weight excluding hydrogens is 328 g/mol. The molecule has 0 aliphatic rings. The van der Waals surface area contributed by atoms with Crippen LogP contribution in [0.1, 0.15) is 17.5 Å². The smallest absolute Gasteiger partial charge is 0.248 e. The second kappa shape index (κ2) is 7.27. The van der Waals surface area contributed by atoms with E-state index in [1.165, 1.54) is 11.8 Å². The van der Waals surface area contributed by atoms with Gasteiger partial charge in [-0.2, -0.15) is 5.10 Å². The molecule has 24 heavy (non-hydrogen) atoms. The molecule has 7 nitrogen and oxygen atoms in total. The summed E-state index contributed by atoms with van der Waals surface area (Å²) in [4.78, 5) is 16.0. The van der Waals surface area contributed by atoms with Gasteiger partial charge in [-0.1, -0.05) is 41.4 Å². The fourth-order valence-electron chi connectivity index (χ4n) is 2.29. The Kier molecular flexibility index (Phi) is 4.90. The maximum absolute atomic E-state index is 11.9. The quantitative estimate of drug-likeness (QED) is 0.745. The summed E-state index contributed by atoms with van der Waals surface area (Å²) in [7, 11) is 0. The molecule has 3 rings (SSSR count). The zero-order chi connectivity index (χ0) is 16.9. The van der Waals surface area contributed by atoms with Crippen molar-refractivity contribution in [2.75, 3.05) is 5.32 Å². The van der Waals surface area contributed by atoms with E-state index in [0.717, 1.165) is 5.56 Å². The second-order valence-electron chi connectivity index (χ2n) is 5.47. The van der Waals surface area contributed by atoms with Crippen molar-refractivity contribution in [1.82, 2.24) is 24.5 Å². The van der Waals surface area contributed by atoms with Gasteiger partial charge in [0.2, 0.25) is 11.9 Å². The maximum Gasteiger partial charge on any atom is 0.248 e. The van der Waals surface area contributed by atoms with Gasteiger partial charge in [-0.15, -0.1) is 5.10 Å². The zero-order valence-corrected chi connectivity index (χ0v) is 13.9. The number of hydrogen-bond acceptors (Lipinski definition) is 4. The van der Waals surface area contributed by atoms with E-state index in [1.807, 2.05) is 25.1 Å². The number of aromatic nitrogens is 5. The molecule has 0 saturated carbocycles. The molecule has 8 heteroatoms. The average molecular weight is 345 g/mol. The van der Waals surface area contributed by atoms with Crippen LogP contribution in [0.2, 0.25) is 5.02 Å². The monoisotopic (exact) mass is 344 g/mol. The lowest BCUT2D eigenvalue weighted by molar-refractivity contribution is -0.116. The van der Waals surface area contributed by atoms with E-state index in [-0.39, 0.29) is 12.3 Å². The first-order chi connectivity index (χ1) is 11.6. The van der Waals surface area contributed by atoms with E-state index in [0.29, 0.717) is 24.1 Å². The number of carbonyl (C=O) groups excluding carboxylic acids is 1. The van der Waals surface area contributed by atoms with Crippen molar-refractivity contribution < 1.29 is 4.79 Å². The molecule has 1 N–H and O–H groups in total. The molecule has 0 aliphatic carbocycles. The molecule has 1 aromatic carbocycles. The first-order valence-corrected chi connectivity index (χ1v) is 7.89. The largest absolute Gasteiger partial charge is 0.293 e. The lowest BCUT2D eigenvalue weighted by atomic mass is 10.1. The first-order valence-electron chi connectivity index (χ1n) is 7.51. The van der Waals surface area contributed by atoms with Crippen LogP contribution in [0.5, 0.6) is 0 Å². The number of nitrogens with zero attached hydrogens (tertiary/aromatic N) is 5. The molecule has 1 amide bonds. The van der Waals surface area contributed by atoms with Crippen LogP contribution in [0.25, 0.3) is 0 Å². The number of hydrogen-bond donors (Lipinski definition) is 1. The van der Waals surface area contributed by atoms with Crippen LogP contribution in [0.3, 0.4) is 0 Å². The molecule has 2 heterocycles. The van der Waals surface area contributed by atoms with E-state index in [4.69, 9.17) is 11.6 Å². The number of aryl methyl sites for hydroxylation is 2. The van der Waals surface area contributed by atoms with Crippen molar-refractivity contribution in [3.8, 4) is 0 Å². The van der Waals surface area contributed by atoms with Crippen molar-refractivity contribution in [3.05, 3.63) is 59.1 Å². The summed E-state index contributed by atoms with van der Waals surface area (Å²) in [5.41, 5.74) is 2.33. The van der Waals surface area contributed by atoms with Gasteiger partial charge in [0.1, 0.15) is 6.33 Å². The summed E-state index contributed by atoms with van der Waals surface area (Å²) in [6.07, 6.45) is 5.08. The first kappa shape index (κ1) is 16.2. The van der Waals surface area contributed by atoms with Crippen molar-refractivity contribution in [2.24, 2.45) is 0 Å². The fraction of sp³-hybridized carbons (Fsp3) is 0.250. The van der Waals surface area contributed by atoms with Gasteiger partial charge in [0.05, 0.1) is 17.8 Å². The summed E-state index contributed by atoms with van der Waals surface area (Å²) < 4.78 is 3.31. The molecule has 0 fully saturated rings. The minimum atomic E-state index is -0.171. The Morgan fingerprint density at radius 3 is 2.96 bits per heavy atom. The molecule has 0 bridgehead atoms. The average Bonchev–Trinajstić information content (AvgIpc) is 3.14. The topological polar surface area (TPSA) is 77.6 Å². The molecule has 3 aromatic rings. The Labute approximate surface area is 144 Å². The molecule has 0 spiro atoms. The number of nitrogens with one attached hydrogen (secondary N) is 1. The predicted molar refractivity (Wildman–Crippen MR) is 90.8 cm³/mol. The van der Waals surface area contributed by atoms with Gasteiger partial charge < -0.3 is 0 Å². The lowest BCUT2D eigenvalue weighted by Gasteiger charge is -2.03. The number of anilines is 1. The van der Waals surface area contributed by atoms with Gasteiger partial charge in [0.25, 0.3) is 0 Å². The molecule has 0 unspecified atom stereocenters. The third-order valence-corrected chi connectivity index (χ3v) is 3.58. The van der Waals surface area contributed by atoms with Crippen molar-refractivity contribution >= 4 is 23.5 Å². The Hall–Kier alpha value is -2.67. The van der Waals surface area contributed by atoms with Crippen LogP contribution in [0.4, 0.5) is 5.95 Å². The standard InChI is InChI=1S/C16H17ClN6O/c1-12-3-2-4-13(7-12)9-23-11-18-16(21-23)20-15(24)5-6-22-10-14(17)8-19-22/h2-4,7-8,10-11H,5-6,9H2,1H3,(H,20,21,24). The van der Waals surface area contributed by atoms with Gasteiger partial charge in [0.15, 0.2) is 0 Å². The number of rotatable bonds is 6. The molecule has 124 valence electrons. The molecule has 0 atom stereocenters. The summed E-state index contributed by atoms with van der Waals surface area (Å²) in [5, 5.41) is 11.5. The highest BCUT2D eigenvalue weighted by Crippen LogP contribution is 2.08. The Bertz CT molecular complexity index is 840. The third-order valence-electron chi connectivity index (χ3n) is 3.38. The fourth-order valence-corrected chi connectivity index (χ4v) is 2.45. The number of halogens is 1. The van der Waals surface area contributed by atoms with Crippen LogP contribution in [0, 0.1) is 6.92 Å². The van der Waals surface area contributed by atoms with Crippen LogP contribution < -0.4 is 5.32 Å². The van der Waals surface area contributed by atoms with Gasteiger partial charge >= 0.3 is 0 Å². The highest BCUT2D eigenvalue weighted by Gasteiger charge is 2.08. The summed E-state index contributed by atoms with van der Waals surface area (Å²) in [6, 6.07) is 8.17. The predicted octanol–water partition coefficient (Wildman–Crippen LogP) is 2.51. The van der Waals surface area contributed by atoms with E-state index in [1.54, 1.807) is 21.9 Å². The van der Waals surface area contributed by atoms with Gasteiger partial charge in [0, 0.05) is 19.2 Å². The lowest BCUT2D eigenvalue weighted by Crippen LogP contribution is -2.16. The van der Waals surface area contributed by atoms with E-state index >= 15 is 0 Å². The Balaban J connectivity index is 1.52. The number of benzene rings is 1. The van der Waals surface area contributed by atoms with E-state index < -0.39 is 0 Å². The third kappa shape index (κ3) is 4.42. The van der Waals surface area contributed by atoms with Crippen LogP contribution in [0.15, 0.2) is 43.0 Å². The zero-order valence-electron chi connectivity index (χ0n) is 13.2. The summed E-state index contributed by atoms with van der Waals surface area (Å²) >= 11 is 5.78. The van der Waals surface area contributed by atoms with Crippen LogP contribution in [-0.2, 0) is 17.9 Å². The Morgan fingerprint density at radius 1 is 1.33 bits per heavy atom. The minimum Gasteiger partial charge on any atom is -0.293 e. The second-order valence-corrected chi connectivity index (χ2v) is 5.91. The maximum atomic E-state index is 11.9. The molecule has 0 saturated heterocycles. The SMILES string of the molecule is Cc1cccc(Cn2cnc(NC(=O)CCn3cc(Cl)cn3)n2)c1. The summed E-state index contributed by atoms with van der Waals surface area (Å²) in [6.45, 7) is 3.10. The van der Waals surface area contributed by atoms with Crippen molar-refractivity contribution in [3.63, 3.8) is 0 Å². The minimum absolute atomic E-state index is 0.171. The number of amides is 1. The Morgan fingerprint density at radius 2 is 2.21 bits per heavy atom. The normalized spacial score (nSPS) is 10.8. The molecular formula is C16H17ClN6O. The van der Waals surface area contributed by atoms with E-state index in [9.17, 15) is 4.79 Å². The highest BCUT2D eigenvalue weighted by molar-refractivity contribution is 6.30. The van der Waals surface area contributed by atoms with Crippen molar-refractivity contribution in [1.29, 1.82) is 0 Å². The van der Waals surface area contributed by atoms with Gasteiger partial charge in [-0.25, -0.2) is 9.67 Å². The molecule has 0 aliphatic heterocycles. The van der Waals surface area contributed by atoms with Crippen molar-refractivity contribution in [2.45, 2.75) is 26.4 Å².